The van der Waals surface area contributed by atoms with Crippen molar-refractivity contribution >= 4 is 6.09 Å². The third-order valence-corrected chi connectivity index (χ3v) is 2.24. The predicted molar refractivity (Wildman–Crippen MR) is 62.4 cm³/mol. The average molecular weight is 229 g/mol. The van der Waals surface area contributed by atoms with Crippen LogP contribution in [0.25, 0.3) is 0 Å². The van der Waals surface area contributed by atoms with Crippen LogP contribution in [0.15, 0.2) is 0 Å². The van der Waals surface area contributed by atoms with Gasteiger partial charge in [0.05, 0.1) is 12.6 Å². The standard InChI is InChI=1S/C12H23NO3/c1-8(2)6-9(10-7-15-10)13-11(14)16-12(3,4)5/h8-10H,6-7H2,1-5H3,(H,13,14)/t9-,10+/m1/s1. The molecular weight excluding hydrogens is 206 g/mol. The minimum Gasteiger partial charge on any atom is -0.444 e. The molecular formula is C12H23NO3. The second-order valence-electron chi connectivity index (χ2n) is 5.75. The van der Waals surface area contributed by atoms with E-state index in [0.717, 1.165) is 13.0 Å². The molecule has 0 radical (unpaired) electrons. The maximum Gasteiger partial charge on any atom is 0.407 e. The predicted octanol–water partition coefficient (Wildman–Crippen LogP) is 2.32. The van der Waals surface area contributed by atoms with Gasteiger partial charge in [-0.05, 0) is 33.1 Å². The lowest BCUT2D eigenvalue weighted by Crippen LogP contribution is -2.42. The minimum absolute atomic E-state index is 0.0786. The number of alkyl carbamates (subject to hydrolysis) is 1. The molecule has 0 aliphatic carbocycles. The number of ether oxygens (including phenoxy) is 2. The van der Waals surface area contributed by atoms with Crippen LogP contribution in [0.5, 0.6) is 0 Å². The Bertz CT molecular complexity index is 241. The highest BCUT2D eigenvalue weighted by atomic mass is 16.6. The summed E-state index contributed by atoms with van der Waals surface area (Å²) in [6, 6.07) is 0.0786. The Morgan fingerprint density at radius 1 is 1.50 bits per heavy atom. The Morgan fingerprint density at radius 3 is 2.44 bits per heavy atom. The van der Waals surface area contributed by atoms with E-state index in [-0.39, 0.29) is 18.2 Å². The molecule has 0 aromatic heterocycles. The molecule has 0 bridgehead atoms. The van der Waals surface area contributed by atoms with Crippen molar-refractivity contribution in [1.29, 1.82) is 0 Å². The van der Waals surface area contributed by atoms with E-state index in [9.17, 15) is 4.79 Å². The summed E-state index contributed by atoms with van der Waals surface area (Å²) < 4.78 is 10.5. The first kappa shape index (κ1) is 13.3. The Kier molecular flexibility index (Phi) is 4.19. The van der Waals surface area contributed by atoms with E-state index in [1.165, 1.54) is 0 Å². The summed E-state index contributed by atoms with van der Waals surface area (Å²) in [5.41, 5.74) is -0.448. The van der Waals surface area contributed by atoms with Crippen LogP contribution < -0.4 is 5.32 Å². The molecule has 0 aromatic carbocycles. The number of rotatable bonds is 4. The molecule has 1 N–H and O–H groups in total. The minimum atomic E-state index is -0.448. The number of hydrogen-bond donors (Lipinski definition) is 1. The number of carbonyl (C=O) groups excluding carboxylic acids is 1. The first-order chi connectivity index (χ1) is 7.28. The largest absolute Gasteiger partial charge is 0.444 e. The van der Waals surface area contributed by atoms with Crippen molar-refractivity contribution in [3.8, 4) is 0 Å². The highest BCUT2D eigenvalue weighted by Gasteiger charge is 2.35. The van der Waals surface area contributed by atoms with Gasteiger partial charge in [-0.15, -0.1) is 0 Å². The molecule has 16 heavy (non-hydrogen) atoms. The van der Waals surface area contributed by atoms with E-state index < -0.39 is 5.60 Å². The third kappa shape index (κ3) is 5.35. The lowest BCUT2D eigenvalue weighted by molar-refractivity contribution is 0.0488. The van der Waals surface area contributed by atoms with Gasteiger partial charge >= 0.3 is 6.09 Å². The second-order valence-corrected chi connectivity index (χ2v) is 5.75. The summed E-state index contributed by atoms with van der Waals surface area (Å²) in [5, 5.41) is 2.88. The molecule has 1 fully saturated rings. The summed E-state index contributed by atoms with van der Waals surface area (Å²) in [4.78, 5) is 11.6. The van der Waals surface area contributed by atoms with Crippen molar-refractivity contribution in [3.05, 3.63) is 0 Å². The topological polar surface area (TPSA) is 50.9 Å². The Balaban J connectivity index is 2.39. The van der Waals surface area contributed by atoms with Gasteiger partial charge in [-0.3, -0.25) is 0 Å². The van der Waals surface area contributed by atoms with Gasteiger partial charge in [0.1, 0.15) is 11.7 Å². The molecule has 4 heteroatoms. The van der Waals surface area contributed by atoms with Gasteiger partial charge in [0.15, 0.2) is 0 Å². The number of amides is 1. The first-order valence-corrected chi connectivity index (χ1v) is 5.89. The molecule has 1 saturated heterocycles. The smallest absolute Gasteiger partial charge is 0.407 e. The van der Waals surface area contributed by atoms with Crippen molar-refractivity contribution in [1.82, 2.24) is 5.32 Å². The summed E-state index contributed by atoms with van der Waals surface area (Å²) >= 11 is 0. The average Bonchev–Trinajstić information content (AvgIpc) is 2.78. The van der Waals surface area contributed by atoms with Crippen LogP contribution in [0.2, 0.25) is 0 Å². The zero-order valence-corrected chi connectivity index (χ0v) is 10.9. The van der Waals surface area contributed by atoms with Gasteiger partial charge in [-0.2, -0.15) is 0 Å². The van der Waals surface area contributed by atoms with Crippen LogP contribution in [0, 0.1) is 5.92 Å². The molecule has 1 aliphatic rings. The SMILES string of the molecule is CC(C)C[C@@H](NC(=O)OC(C)(C)C)[C@@H]1CO1. The highest BCUT2D eigenvalue weighted by Crippen LogP contribution is 2.20. The number of nitrogens with one attached hydrogen (secondary N) is 1. The van der Waals surface area contributed by atoms with Gasteiger partial charge in [-0.1, -0.05) is 13.8 Å². The van der Waals surface area contributed by atoms with Crippen molar-refractivity contribution in [2.75, 3.05) is 6.61 Å². The molecule has 1 heterocycles. The number of epoxide rings is 1. The van der Waals surface area contributed by atoms with E-state index in [4.69, 9.17) is 9.47 Å². The van der Waals surface area contributed by atoms with Crippen molar-refractivity contribution in [2.24, 2.45) is 5.92 Å². The van der Waals surface area contributed by atoms with Crippen molar-refractivity contribution in [2.45, 2.75) is 58.8 Å². The van der Waals surface area contributed by atoms with E-state index in [2.05, 4.69) is 19.2 Å². The number of carbonyl (C=O) groups is 1. The molecule has 0 unspecified atom stereocenters. The fourth-order valence-corrected chi connectivity index (χ4v) is 1.56. The molecule has 0 spiro atoms. The van der Waals surface area contributed by atoms with E-state index >= 15 is 0 Å². The zero-order chi connectivity index (χ0) is 12.3. The van der Waals surface area contributed by atoms with Gasteiger partial charge in [0.2, 0.25) is 0 Å². The summed E-state index contributed by atoms with van der Waals surface area (Å²) in [5.74, 6) is 0.532. The summed E-state index contributed by atoms with van der Waals surface area (Å²) in [6.45, 7) is 10.6. The first-order valence-electron chi connectivity index (χ1n) is 5.89. The molecule has 2 atom stereocenters. The number of hydrogen-bond acceptors (Lipinski definition) is 3. The molecule has 4 nitrogen and oxygen atoms in total. The zero-order valence-electron chi connectivity index (χ0n) is 10.9. The van der Waals surface area contributed by atoms with Crippen LogP contribution in [-0.4, -0.2) is 30.4 Å². The van der Waals surface area contributed by atoms with E-state index in [0.29, 0.717) is 5.92 Å². The second kappa shape index (κ2) is 5.04. The fourth-order valence-electron chi connectivity index (χ4n) is 1.56. The van der Waals surface area contributed by atoms with Gasteiger partial charge in [0, 0.05) is 0 Å². The maximum absolute atomic E-state index is 11.6. The highest BCUT2D eigenvalue weighted by molar-refractivity contribution is 5.68. The van der Waals surface area contributed by atoms with Gasteiger partial charge in [-0.25, -0.2) is 4.79 Å². The van der Waals surface area contributed by atoms with Crippen LogP contribution in [0.1, 0.15) is 41.0 Å². The molecule has 0 aromatic rings. The van der Waals surface area contributed by atoms with Crippen LogP contribution in [0.3, 0.4) is 0 Å². The van der Waals surface area contributed by atoms with Crippen LogP contribution in [-0.2, 0) is 9.47 Å². The van der Waals surface area contributed by atoms with Gasteiger partial charge < -0.3 is 14.8 Å². The van der Waals surface area contributed by atoms with Crippen molar-refractivity contribution < 1.29 is 14.3 Å². The maximum atomic E-state index is 11.6. The molecule has 1 aliphatic heterocycles. The molecule has 0 saturated carbocycles. The van der Waals surface area contributed by atoms with Gasteiger partial charge in [0.25, 0.3) is 0 Å². The fraction of sp³-hybridized carbons (Fsp3) is 0.917. The molecule has 94 valence electrons. The van der Waals surface area contributed by atoms with E-state index in [1.54, 1.807) is 0 Å². The summed E-state index contributed by atoms with van der Waals surface area (Å²) in [6.07, 6.45) is 0.743. The Labute approximate surface area is 97.7 Å². The molecule has 1 rings (SSSR count). The normalized spacial score (nSPS) is 21.8. The van der Waals surface area contributed by atoms with Crippen LogP contribution in [0.4, 0.5) is 4.79 Å². The Hall–Kier alpha value is -0.770. The third-order valence-electron chi connectivity index (χ3n) is 2.24. The Morgan fingerprint density at radius 2 is 2.06 bits per heavy atom. The lowest BCUT2D eigenvalue weighted by Gasteiger charge is -2.23. The monoisotopic (exact) mass is 229 g/mol. The van der Waals surface area contributed by atoms with E-state index in [1.807, 2.05) is 20.8 Å². The summed E-state index contributed by atoms with van der Waals surface area (Å²) in [7, 11) is 0. The molecule has 1 amide bonds. The van der Waals surface area contributed by atoms with Crippen LogP contribution >= 0.6 is 0 Å². The quantitative estimate of drug-likeness (QED) is 0.753. The lowest BCUT2D eigenvalue weighted by atomic mass is 10.0. The van der Waals surface area contributed by atoms with Crippen molar-refractivity contribution in [3.63, 3.8) is 0 Å².